The molecular weight excluding hydrogens is 178 g/mol. The molecule has 4 heteroatoms. The van der Waals surface area contributed by atoms with Crippen LogP contribution in [0.3, 0.4) is 0 Å². The van der Waals surface area contributed by atoms with E-state index in [4.69, 9.17) is 0 Å². The largest absolute Gasteiger partial charge is 0.355 e. The Labute approximate surface area is 85.0 Å². The molecule has 0 saturated carbocycles. The topological polar surface area (TPSA) is 44.4 Å². The predicted octanol–water partition coefficient (Wildman–Crippen LogP) is -0.584. The maximum Gasteiger partial charge on any atom is 0.237 e. The lowest BCUT2D eigenvalue weighted by molar-refractivity contribution is -0.120. The quantitative estimate of drug-likeness (QED) is 0.636. The highest BCUT2D eigenvalue weighted by Gasteiger charge is 2.25. The fraction of sp³-hybridized carbons (Fsp3) is 0.900. The molecule has 14 heavy (non-hydrogen) atoms. The van der Waals surface area contributed by atoms with E-state index in [2.05, 4.69) is 22.6 Å². The molecule has 0 bridgehead atoms. The zero-order chi connectivity index (χ0) is 9.97. The molecule has 2 atom stereocenters. The standard InChI is InChI=1S/C10H19N3O/c1-13-5-3-8(7-13)6-12-9-2-4-11-10(9)14/h8-9,12H,2-7H2,1H3,(H,11,14). The van der Waals surface area contributed by atoms with Gasteiger partial charge < -0.3 is 15.5 Å². The van der Waals surface area contributed by atoms with E-state index in [0.29, 0.717) is 0 Å². The second kappa shape index (κ2) is 4.28. The van der Waals surface area contributed by atoms with Crippen molar-refractivity contribution < 1.29 is 4.79 Å². The van der Waals surface area contributed by atoms with Gasteiger partial charge in [-0.05, 0) is 38.9 Å². The Morgan fingerprint density at radius 3 is 3.00 bits per heavy atom. The van der Waals surface area contributed by atoms with Gasteiger partial charge in [0.25, 0.3) is 0 Å². The lowest BCUT2D eigenvalue weighted by Crippen LogP contribution is -2.39. The molecular formula is C10H19N3O. The van der Waals surface area contributed by atoms with Crippen LogP contribution >= 0.6 is 0 Å². The fourth-order valence-corrected chi connectivity index (χ4v) is 2.29. The van der Waals surface area contributed by atoms with Crippen LogP contribution in [-0.4, -0.2) is 50.1 Å². The van der Waals surface area contributed by atoms with Gasteiger partial charge in [-0.25, -0.2) is 0 Å². The fourth-order valence-electron chi connectivity index (χ4n) is 2.29. The van der Waals surface area contributed by atoms with Crippen molar-refractivity contribution in [2.45, 2.75) is 18.9 Å². The summed E-state index contributed by atoms with van der Waals surface area (Å²) in [6.07, 6.45) is 2.21. The molecule has 0 aromatic rings. The summed E-state index contributed by atoms with van der Waals surface area (Å²) in [5, 5.41) is 6.20. The van der Waals surface area contributed by atoms with E-state index in [1.165, 1.54) is 19.5 Å². The van der Waals surface area contributed by atoms with Crippen molar-refractivity contribution in [3.8, 4) is 0 Å². The van der Waals surface area contributed by atoms with E-state index in [1.54, 1.807) is 0 Å². The van der Waals surface area contributed by atoms with Crippen LogP contribution in [0.15, 0.2) is 0 Å². The van der Waals surface area contributed by atoms with E-state index < -0.39 is 0 Å². The van der Waals surface area contributed by atoms with E-state index in [1.807, 2.05) is 0 Å². The van der Waals surface area contributed by atoms with Gasteiger partial charge in [0.1, 0.15) is 0 Å². The number of rotatable bonds is 3. The molecule has 2 aliphatic rings. The number of carbonyl (C=O) groups excluding carboxylic acids is 1. The van der Waals surface area contributed by atoms with Crippen molar-refractivity contribution in [1.29, 1.82) is 0 Å². The molecule has 2 fully saturated rings. The predicted molar refractivity (Wildman–Crippen MR) is 55.0 cm³/mol. The van der Waals surface area contributed by atoms with E-state index >= 15 is 0 Å². The lowest BCUT2D eigenvalue weighted by atomic mass is 10.1. The Morgan fingerprint density at radius 2 is 2.43 bits per heavy atom. The number of nitrogens with zero attached hydrogens (tertiary/aromatic N) is 1. The summed E-state index contributed by atoms with van der Waals surface area (Å²) in [4.78, 5) is 13.6. The summed E-state index contributed by atoms with van der Waals surface area (Å²) in [5.41, 5.74) is 0. The third-order valence-electron chi connectivity index (χ3n) is 3.19. The highest BCUT2D eigenvalue weighted by atomic mass is 16.2. The van der Waals surface area contributed by atoms with Crippen molar-refractivity contribution in [1.82, 2.24) is 15.5 Å². The number of nitrogens with one attached hydrogen (secondary N) is 2. The first kappa shape index (κ1) is 9.93. The molecule has 2 N–H and O–H groups in total. The molecule has 0 aromatic carbocycles. The molecule has 0 aliphatic carbocycles. The SMILES string of the molecule is CN1CCC(CNC2CCNC2=O)C1. The summed E-state index contributed by atoms with van der Waals surface area (Å²) in [7, 11) is 2.16. The van der Waals surface area contributed by atoms with Gasteiger partial charge in [0.2, 0.25) is 5.91 Å². The van der Waals surface area contributed by atoms with Gasteiger partial charge in [-0.2, -0.15) is 0 Å². The van der Waals surface area contributed by atoms with Crippen LogP contribution in [0.5, 0.6) is 0 Å². The van der Waals surface area contributed by atoms with Gasteiger partial charge in [0.05, 0.1) is 6.04 Å². The van der Waals surface area contributed by atoms with Crippen LogP contribution in [0, 0.1) is 5.92 Å². The first-order chi connectivity index (χ1) is 6.75. The summed E-state index contributed by atoms with van der Waals surface area (Å²) >= 11 is 0. The van der Waals surface area contributed by atoms with E-state index in [0.717, 1.165) is 25.4 Å². The molecule has 2 rings (SSSR count). The summed E-state index contributed by atoms with van der Waals surface area (Å²) < 4.78 is 0. The second-order valence-electron chi connectivity index (χ2n) is 4.46. The monoisotopic (exact) mass is 197 g/mol. The normalized spacial score (nSPS) is 33.6. The molecule has 2 heterocycles. The molecule has 2 unspecified atom stereocenters. The Hall–Kier alpha value is -0.610. The molecule has 2 saturated heterocycles. The van der Waals surface area contributed by atoms with Crippen LogP contribution in [0.4, 0.5) is 0 Å². The smallest absolute Gasteiger partial charge is 0.237 e. The highest BCUT2D eigenvalue weighted by molar-refractivity contribution is 5.83. The second-order valence-corrected chi connectivity index (χ2v) is 4.46. The van der Waals surface area contributed by atoms with Crippen molar-refractivity contribution in [2.24, 2.45) is 5.92 Å². The van der Waals surface area contributed by atoms with Gasteiger partial charge in [0.15, 0.2) is 0 Å². The number of amides is 1. The summed E-state index contributed by atoms with van der Waals surface area (Å²) in [6.45, 7) is 4.19. The number of hydrogen-bond acceptors (Lipinski definition) is 3. The highest BCUT2D eigenvalue weighted by Crippen LogP contribution is 2.13. The van der Waals surface area contributed by atoms with Crippen molar-refractivity contribution in [2.75, 3.05) is 33.2 Å². The maximum absolute atomic E-state index is 11.3. The Balaban J connectivity index is 1.69. The van der Waals surface area contributed by atoms with Crippen molar-refractivity contribution in [3.63, 3.8) is 0 Å². The molecule has 1 amide bonds. The molecule has 80 valence electrons. The van der Waals surface area contributed by atoms with Gasteiger partial charge in [0, 0.05) is 13.1 Å². The third-order valence-corrected chi connectivity index (χ3v) is 3.19. The Morgan fingerprint density at radius 1 is 1.57 bits per heavy atom. The molecule has 2 aliphatic heterocycles. The van der Waals surface area contributed by atoms with E-state index in [-0.39, 0.29) is 11.9 Å². The first-order valence-corrected chi connectivity index (χ1v) is 5.45. The van der Waals surface area contributed by atoms with Crippen LogP contribution in [0.2, 0.25) is 0 Å². The number of likely N-dealkylation sites (tertiary alicyclic amines) is 1. The van der Waals surface area contributed by atoms with Gasteiger partial charge in [-0.3, -0.25) is 4.79 Å². The minimum Gasteiger partial charge on any atom is -0.355 e. The number of carbonyl (C=O) groups is 1. The maximum atomic E-state index is 11.3. The Bertz CT molecular complexity index is 219. The zero-order valence-electron chi connectivity index (χ0n) is 8.75. The molecule has 0 radical (unpaired) electrons. The van der Waals surface area contributed by atoms with Gasteiger partial charge in [-0.1, -0.05) is 0 Å². The summed E-state index contributed by atoms with van der Waals surface area (Å²) in [5.74, 6) is 0.907. The third kappa shape index (κ3) is 2.25. The minimum absolute atomic E-state index is 0.0703. The van der Waals surface area contributed by atoms with Gasteiger partial charge >= 0.3 is 0 Å². The van der Waals surface area contributed by atoms with Crippen LogP contribution in [0.1, 0.15) is 12.8 Å². The molecule has 4 nitrogen and oxygen atoms in total. The van der Waals surface area contributed by atoms with Gasteiger partial charge in [-0.15, -0.1) is 0 Å². The molecule has 0 spiro atoms. The van der Waals surface area contributed by atoms with Crippen LogP contribution in [-0.2, 0) is 4.79 Å². The minimum atomic E-state index is 0.0703. The average Bonchev–Trinajstić information content (AvgIpc) is 2.72. The van der Waals surface area contributed by atoms with Crippen LogP contribution < -0.4 is 10.6 Å². The van der Waals surface area contributed by atoms with Crippen molar-refractivity contribution in [3.05, 3.63) is 0 Å². The zero-order valence-corrected chi connectivity index (χ0v) is 8.75. The van der Waals surface area contributed by atoms with E-state index in [9.17, 15) is 4.79 Å². The first-order valence-electron chi connectivity index (χ1n) is 5.45. The molecule has 0 aromatic heterocycles. The van der Waals surface area contributed by atoms with Crippen molar-refractivity contribution >= 4 is 5.91 Å². The Kier molecular flexibility index (Phi) is 3.03. The lowest BCUT2D eigenvalue weighted by Gasteiger charge is -2.14. The number of hydrogen-bond donors (Lipinski definition) is 2. The average molecular weight is 197 g/mol. The van der Waals surface area contributed by atoms with Crippen LogP contribution in [0.25, 0.3) is 0 Å². The summed E-state index contributed by atoms with van der Waals surface area (Å²) in [6, 6.07) is 0.0703.